The molecule has 0 unspecified atom stereocenters. The number of aliphatic imine (C=N–C) groups is 1. The molecule has 7 nitrogen and oxygen atoms in total. The number of guanidine groups is 1. The van der Waals surface area contributed by atoms with E-state index >= 15 is 0 Å². The van der Waals surface area contributed by atoms with Crippen molar-refractivity contribution >= 4 is 41.0 Å². The zero-order valence-electron chi connectivity index (χ0n) is 17.5. The van der Waals surface area contributed by atoms with Gasteiger partial charge in [0.1, 0.15) is 5.82 Å². The van der Waals surface area contributed by atoms with Gasteiger partial charge in [-0.2, -0.15) is 0 Å². The van der Waals surface area contributed by atoms with Crippen LogP contribution in [0.4, 0.5) is 0 Å². The monoisotopic (exact) mass is 515 g/mol. The Kier molecular flexibility index (Phi) is 10.7. The van der Waals surface area contributed by atoms with Crippen molar-refractivity contribution in [1.29, 1.82) is 0 Å². The lowest BCUT2D eigenvalue weighted by molar-refractivity contribution is 0.0203. The molecule has 162 valence electrons. The highest BCUT2D eigenvalue weighted by Crippen LogP contribution is 2.15. The number of hydrogen-bond acceptors (Lipinski definition) is 4. The number of imidazole rings is 1. The molecule has 0 spiro atoms. The van der Waals surface area contributed by atoms with Gasteiger partial charge >= 0.3 is 0 Å². The lowest BCUT2D eigenvalue weighted by Crippen LogP contribution is -2.39. The molecule has 0 amide bonds. The van der Waals surface area contributed by atoms with Gasteiger partial charge in [-0.1, -0.05) is 12.1 Å². The Labute approximate surface area is 190 Å². The number of ether oxygens (including phenoxy) is 2. The molecule has 2 heterocycles. The van der Waals surface area contributed by atoms with Crippen LogP contribution in [0.25, 0.3) is 11.0 Å². The van der Waals surface area contributed by atoms with Crippen molar-refractivity contribution in [2.75, 3.05) is 46.6 Å². The third kappa shape index (κ3) is 7.42. The first-order chi connectivity index (χ1) is 13.8. The molecule has 2 N–H and O–H groups in total. The second kappa shape index (κ2) is 13.0. The number of aryl methyl sites for hydroxylation is 1. The van der Waals surface area contributed by atoms with E-state index in [0.29, 0.717) is 5.92 Å². The molecule has 1 fully saturated rings. The molecule has 0 atom stereocenters. The van der Waals surface area contributed by atoms with E-state index in [-0.39, 0.29) is 24.0 Å². The summed E-state index contributed by atoms with van der Waals surface area (Å²) in [6.07, 6.45) is 3.22. The maximum absolute atomic E-state index is 5.81. The number of nitrogens with one attached hydrogen (secondary N) is 2. The highest BCUT2D eigenvalue weighted by atomic mass is 127. The minimum Gasteiger partial charge on any atom is -0.381 e. The van der Waals surface area contributed by atoms with Crippen molar-refractivity contribution in [2.45, 2.75) is 32.7 Å². The van der Waals surface area contributed by atoms with Crippen LogP contribution in [0.3, 0.4) is 0 Å². The molecule has 8 heteroatoms. The van der Waals surface area contributed by atoms with E-state index in [2.05, 4.69) is 43.4 Å². The van der Waals surface area contributed by atoms with Crippen molar-refractivity contribution in [1.82, 2.24) is 20.2 Å². The van der Waals surface area contributed by atoms with Crippen LogP contribution in [0.5, 0.6) is 0 Å². The van der Waals surface area contributed by atoms with Crippen molar-refractivity contribution in [3.8, 4) is 0 Å². The van der Waals surface area contributed by atoms with Gasteiger partial charge in [0.2, 0.25) is 0 Å². The number of benzene rings is 1. The molecule has 29 heavy (non-hydrogen) atoms. The Hall–Kier alpha value is -1.39. The number of hydrogen-bond donors (Lipinski definition) is 2. The van der Waals surface area contributed by atoms with Crippen molar-refractivity contribution in [3.63, 3.8) is 0 Å². The molecular weight excluding hydrogens is 481 g/mol. The molecule has 1 aliphatic rings. The van der Waals surface area contributed by atoms with Crippen LogP contribution in [-0.2, 0) is 16.0 Å². The Morgan fingerprint density at radius 1 is 1.24 bits per heavy atom. The maximum Gasteiger partial charge on any atom is 0.191 e. The summed E-state index contributed by atoms with van der Waals surface area (Å²) >= 11 is 0. The third-order valence-electron chi connectivity index (χ3n) is 5.15. The summed E-state index contributed by atoms with van der Waals surface area (Å²) in [5, 5.41) is 6.73. The smallest absolute Gasteiger partial charge is 0.191 e. The number of aromatic nitrogens is 2. The Morgan fingerprint density at radius 2 is 2.00 bits per heavy atom. The normalized spacial score (nSPS) is 15.3. The molecular formula is C21H34IN5O2. The van der Waals surface area contributed by atoms with Crippen LogP contribution in [0, 0.1) is 12.8 Å². The van der Waals surface area contributed by atoms with E-state index in [1.54, 1.807) is 7.05 Å². The fraction of sp³-hybridized carbons (Fsp3) is 0.619. The van der Waals surface area contributed by atoms with Crippen LogP contribution in [0.15, 0.2) is 29.3 Å². The predicted octanol–water partition coefficient (Wildman–Crippen LogP) is 2.96. The maximum atomic E-state index is 5.81. The average Bonchev–Trinajstić information content (AvgIpc) is 3.05. The van der Waals surface area contributed by atoms with E-state index in [4.69, 9.17) is 9.47 Å². The zero-order chi connectivity index (χ0) is 19.6. The second-order valence-corrected chi connectivity index (χ2v) is 7.21. The van der Waals surface area contributed by atoms with Gasteiger partial charge in [0, 0.05) is 53.1 Å². The molecule has 0 bridgehead atoms. The standard InChI is InChI=1S/C21H33N5O2.HI/c1-17-25-19-6-3-4-7-20(19)26(17)12-11-24-21(22-2)23-10-5-13-28-16-18-8-14-27-15-9-18;/h3-4,6-7,18H,5,8-16H2,1-2H3,(H2,22,23,24);1H. The van der Waals surface area contributed by atoms with Gasteiger partial charge in [0.05, 0.1) is 11.0 Å². The van der Waals surface area contributed by atoms with Crippen molar-refractivity contribution in [3.05, 3.63) is 30.1 Å². The summed E-state index contributed by atoms with van der Waals surface area (Å²) in [6.45, 7) is 7.93. The fourth-order valence-corrected chi connectivity index (χ4v) is 3.53. The zero-order valence-corrected chi connectivity index (χ0v) is 19.9. The average molecular weight is 515 g/mol. The largest absolute Gasteiger partial charge is 0.381 e. The first-order valence-electron chi connectivity index (χ1n) is 10.3. The molecule has 3 rings (SSSR count). The predicted molar refractivity (Wildman–Crippen MR) is 128 cm³/mol. The van der Waals surface area contributed by atoms with Gasteiger partial charge in [-0.3, -0.25) is 4.99 Å². The van der Waals surface area contributed by atoms with Gasteiger partial charge in [-0.25, -0.2) is 4.98 Å². The molecule has 0 aliphatic carbocycles. The Balaban J connectivity index is 0.00000300. The summed E-state index contributed by atoms with van der Waals surface area (Å²) in [7, 11) is 1.80. The first kappa shape index (κ1) is 23.9. The van der Waals surface area contributed by atoms with Crippen molar-refractivity contribution in [2.24, 2.45) is 10.9 Å². The molecule has 0 radical (unpaired) electrons. The number of nitrogens with zero attached hydrogens (tertiary/aromatic N) is 3. The van der Waals surface area contributed by atoms with Crippen LogP contribution in [0.1, 0.15) is 25.1 Å². The van der Waals surface area contributed by atoms with E-state index in [0.717, 1.165) is 82.6 Å². The molecule has 1 aromatic carbocycles. The number of rotatable bonds is 9. The minimum atomic E-state index is 0. The summed E-state index contributed by atoms with van der Waals surface area (Å²) < 4.78 is 13.4. The number of para-hydroxylation sites is 2. The molecule has 1 aliphatic heterocycles. The fourth-order valence-electron chi connectivity index (χ4n) is 3.53. The summed E-state index contributed by atoms with van der Waals surface area (Å²) in [5.41, 5.74) is 2.22. The van der Waals surface area contributed by atoms with E-state index < -0.39 is 0 Å². The summed E-state index contributed by atoms with van der Waals surface area (Å²) in [6, 6.07) is 8.24. The van der Waals surface area contributed by atoms with Gasteiger partial charge < -0.3 is 24.7 Å². The van der Waals surface area contributed by atoms with Gasteiger partial charge in [-0.05, 0) is 44.2 Å². The quantitative estimate of drug-likeness (QED) is 0.233. The highest BCUT2D eigenvalue weighted by molar-refractivity contribution is 14.0. The Bertz CT molecular complexity index is 759. The number of halogens is 1. The van der Waals surface area contributed by atoms with Gasteiger partial charge in [-0.15, -0.1) is 24.0 Å². The van der Waals surface area contributed by atoms with Crippen LogP contribution < -0.4 is 10.6 Å². The van der Waals surface area contributed by atoms with Crippen molar-refractivity contribution < 1.29 is 9.47 Å². The highest BCUT2D eigenvalue weighted by Gasteiger charge is 2.13. The van der Waals surface area contributed by atoms with E-state index in [1.165, 1.54) is 5.52 Å². The lowest BCUT2D eigenvalue weighted by atomic mass is 10.0. The molecule has 0 saturated carbocycles. The summed E-state index contributed by atoms with van der Waals surface area (Å²) in [5.74, 6) is 2.53. The second-order valence-electron chi connectivity index (χ2n) is 7.21. The summed E-state index contributed by atoms with van der Waals surface area (Å²) in [4.78, 5) is 8.91. The van der Waals surface area contributed by atoms with E-state index in [1.807, 2.05) is 13.0 Å². The lowest BCUT2D eigenvalue weighted by Gasteiger charge is -2.21. The van der Waals surface area contributed by atoms with Gasteiger partial charge in [0.25, 0.3) is 0 Å². The van der Waals surface area contributed by atoms with Crippen LogP contribution in [0.2, 0.25) is 0 Å². The number of fused-ring (bicyclic) bond motifs is 1. The van der Waals surface area contributed by atoms with Gasteiger partial charge in [0.15, 0.2) is 5.96 Å². The minimum absolute atomic E-state index is 0. The topological polar surface area (TPSA) is 72.7 Å². The Morgan fingerprint density at radius 3 is 2.79 bits per heavy atom. The van der Waals surface area contributed by atoms with E-state index in [9.17, 15) is 0 Å². The molecule has 1 saturated heterocycles. The van der Waals surface area contributed by atoms with Crippen LogP contribution in [-0.4, -0.2) is 62.1 Å². The first-order valence-corrected chi connectivity index (χ1v) is 10.3. The third-order valence-corrected chi connectivity index (χ3v) is 5.15. The molecule has 2 aromatic rings. The molecule has 1 aromatic heterocycles. The SMILES string of the molecule is CN=C(NCCCOCC1CCOCC1)NCCn1c(C)nc2ccccc21.I. The van der Waals surface area contributed by atoms with Crippen LogP contribution >= 0.6 is 24.0 Å².